The van der Waals surface area contributed by atoms with Crippen LogP contribution in [0.3, 0.4) is 0 Å². The molecule has 8 nitrogen and oxygen atoms in total. The van der Waals surface area contributed by atoms with E-state index in [9.17, 15) is 18.0 Å². The molecule has 2 unspecified atom stereocenters. The number of benzene rings is 1. The second-order valence-corrected chi connectivity index (χ2v) is 9.56. The Labute approximate surface area is 171 Å². The molecule has 2 aliphatic heterocycles. The Morgan fingerprint density at radius 3 is 2.21 bits per heavy atom. The smallest absolute Gasteiger partial charge is 0.338 e. The van der Waals surface area contributed by atoms with Crippen molar-refractivity contribution in [3.63, 3.8) is 0 Å². The average molecular weight is 425 g/mol. The number of hydrogen-bond donors (Lipinski definition) is 0. The summed E-state index contributed by atoms with van der Waals surface area (Å²) in [5, 5.41) is 0. The van der Waals surface area contributed by atoms with Crippen molar-refractivity contribution in [2.75, 3.05) is 32.8 Å². The molecule has 1 aromatic carbocycles. The van der Waals surface area contributed by atoms with E-state index in [1.807, 2.05) is 13.8 Å². The lowest BCUT2D eigenvalue weighted by atomic mass is 10.1. The van der Waals surface area contributed by atoms with E-state index >= 15 is 0 Å². The van der Waals surface area contributed by atoms with Gasteiger partial charge in [0.05, 0.1) is 22.7 Å². The van der Waals surface area contributed by atoms with Gasteiger partial charge in [0.25, 0.3) is 5.91 Å². The molecule has 0 saturated carbocycles. The Bertz CT molecular complexity index is 823. The number of rotatable bonds is 5. The lowest BCUT2D eigenvalue weighted by Gasteiger charge is -2.34. The molecule has 29 heavy (non-hydrogen) atoms. The molecule has 2 aliphatic rings. The SMILES string of the molecule is CC1CN(S(=O)(=O)c2ccc(C(=O)OCC(=O)N3CCCCC3)cc2)CC(C)O1. The number of sulfonamides is 1. The first kappa shape index (κ1) is 21.7. The van der Waals surface area contributed by atoms with Crippen molar-refractivity contribution in [1.82, 2.24) is 9.21 Å². The van der Waals surface area contributed by atoms with E-state index in [0.29, 0.717) is 13.1 Å². The number of amides is 1. The van der Waals surface area contributed by atoms with E-state index in [4.69, 9.17) is 9.47 Å². The zero-order valence-electron chi connectivity index (χ0n) is 16.9. The number of esters is 1. The van der Waals surface area contributed by atoms with Gasteiger partial charge in [0.15, 0.2) is 6.61 Å². The fourth-order valence-corrected chi connectivity index (χ4v) is 5.27. The van der Waals surface area contributed by atoms with Crippen molar-refractivity contribution in [3.05, 3.63) is 29.8 Å². The fraction of sp³-hybridized carbons (Fsp3) is 0.600. The monoisotopic (exact) mass is 424 g/mol. The van der Waals surface area contributed by atoms with Crippen LogP contribution in [0.1, 0.15) is 43.5 Å². The zero-order chi connectivity index (χ0) is 21.0. The highest BCUT2D eigenvalue weighted by molar-refractivity contribution is 7.89. The number of nitrogens with zero attached hydrogens (tertiary/aromatic N) is 2. The highest BCUT2D eigenvalue weighted by Crippen LogP contribution is 2.21. The summed E-state index contributed by atoms with van der Waals surface area (Å²) in [5.74, 6) is -0.847. The molecule has 0 spiro atoms. The van der Waals surface area contributed by atoms with Gasteiger partial charge in [-0.2, -0.15) is 4.31 Å². The van der Waals surface area contributed by atoms with Crippen LogP contribution in [0.2, 0.25) is 0 Å². The van der Waals surface area contributed by atoms with Crippen LogP contribution in [0.4, 0.5) is 0 Å². The van der Waals surface area contributed by atoms with E-state index < -0.39 is 16.0 Å². The van der Waals surface area contributed by atoms with Crippen LogP contribution in [-0.4, -0.2) is 74.5 Å². The first-order valence-electron chi connectivity index (χ1n) is 9.98. The van der Waals surface area contributed by atoms with Crippen LogP contribution in [0.15, 0.2) is 29.2 Å². The van der Waals surface area contributed by atoms with Crippen molar-refractivity contribution in [2.24, 2.45) is 0 Å². The van der Waals surface area contributed by atoms with E-state index in [0.717, 1.165) is 19.3 Å². The van der Waals surface area contributed by atoms with E-state index in [1.165, 1.54) is 28.6 Å². The Balaban J connectivity index is 1.60. The summed E-state index contributed by atoms with van der Waals surface area (Å²) in [7, 11) is -3.67. The number of carbonyl (C=O) groups excluding carboxylic acids is 2. The number of carbonyl (C=O) groups is 2. The Morgan fingerprint density at radius 2 is 1.62 bits per heavy atom. The van der Waals surface area contributed by atoms with Gasteiger partial charge in [-0.1, -0.05) is 0 Å². The van der Waals surface area contributed by atoms with Gasteiger partial charge < -0.3 is 14.4 Å². The van der Waals surface area contributed by atoms with Gasteiger partial charge in [-0.3, -0.25) is 4.79 Å². The normalized spacial score (nSPS) is 23.6. The molecule has 3 rings (SSSR count). The first-order chi connectivity index (χ1) is 13.8. The van der Waals surface area contributed by atoms with E-state index in [1.54, 1.807) is 4.90 Å². The summed E-state index contributed by atoms with van der Waals surface area (Å²) in [6.45, 7) is 5.33. The molecule has 0 bridgehead atoms. The summed E-state index contributed by atoms with van der Waals surface area (Å²) < 4.78 is 37.8. The molecule has 1 amide bonds. The van der Waals surface area contributed by atoms with Gasteiger partial charge in [0.2, 0.25) is 10.0 Å². The minimum Gasteiger partial charge on any atom is -0.452 e. The summed E-state index contributed by atoms with van der Waals surface area (Å²) in [6.07, 6.45) is 2.69. The molecular weight excluding hydrogens is 396 g/mol. The minimum atomic E-state index is -3.67. The van der Waals surface area contributed by atoms with Crippen LogP contribution in [0.5, 0.6) is 0 Å². The van der Waals surface area contributed by atoms with Gasteiger partial charge in [-0.25, -0.2) is 13.2 Å². The third-order valence-corrected chi connectivity index (χ3v) is 7.00. The molecule has 0 aliphatic carbocycles. The summed E-state index contributed by atoms with van der Waals surface area (Å²) in [4.78, 5) is 26.1. The van der Waals surface area contributed by atoms with Crippen LogP contribution in [-0.2, 0) is 24.3 Å². The van der Waals surface area contributed by atoms with Crippen molar-refractivity contribution in [3.8, 4) is 0 Å². The molecule has 9 heteroatoms. The average Bonchev–Trinajstić information content (AvgIpc) is 2.71. The zero-order valence-corrected chi connectivity index (χ0v) is 17.7. The quantitative estimate of drug-likeness (QED) is 0.668. The minimum absolute atomic E-state index is 0.111. The van der Waals surface area contributed by atoms with Gasteiger partial charge in [0, 0.05) is 26.2 Å². The maximum atomic E-state index is 12.9. The first-order valence-corrected chi connectivity index (χ1v) is 11.4. The van der Waals surface area contributed by atoms with Crippen LogP contribution in [0.25, 0.3) is 0 Å². The largest absolute Gasteiger partial charge is 0.452 e. The van der Waals surface area contributed by atoms with Gasteiger partial charge in [-0.15, -0.1) is 0 Å². The van der Waals surface area contributed by atoms with Crippen LogP contribution >= 0.6 is 0 Å². The second kappa shape index (κ2) is 9.23. The predicted molar refractivity (Wildman–Crippen MR) is 106 cm³/mol. The number of piperidine rings is 1. The van der Waals surface area contributed by atoms with Crippen molar-refractivity contribution >= 4 is 21.9 Å². The molecule has 2 heterocycles. The van der Waals surface area contributed by atoms with Crippen LogP contribution in [0, 0.1) is 0 Å². The Kier molecular flexibility index (Phi) is 6.92. The third-order valence-electron chi connectivity index (χ3n) is 5.15. The fourth-order valence-electron chi connectivity index (χ4n) is 3.68. The highest BCUT2D eigenvalue weighted by Gasteiger charge is 2.32. The lowest BCUT2D eigenvalue weighted by molar-refractivity contribution is -0.135. The molecule has 0 radical (unpaired) electrons. The van der Waals surface area contributed by atoms with Crippen molar-refractivity contribution in [1.29, 1.82) is 0 Å². The predicted octanol–water partition coefficient (Wildman–Crippen LogP) is 1.65. The van der Waals surface area contributed by atoms with E-state index in [2.05, 4.69) is 0 Å². The number of likely N-dealkylation sites (tertiary alicyclic amines) is 1. The van der Waals surface area contributed by atoms with Crippen molar-refractivity contribution in [2.45, 2.75) is 50.2 Å². The summed E-state index contributed by atoms with van der Waals surface area (Å²) >= 11 is 0. The lowest BCUT2D eigenvalue weighted by Crippen LogP contribution is -2.48. The molecule has 2 saturated heterocycles. The maximum absolute atomic E-state index is 12.9. The molecule has 0 N–H and O–H groups in total. The van der Waals surface area contributed by atoms with Gasteiger partial charge in [0.1, 0.15) is 0 Å². The number of hydrogen-bond acceptors (Lipinski definition) is 6. The molecule has 160 valence electrons. The molecule has 0 aromatic heterocycles. The van der Waals surface area contributed by atoms with Crippen molar-refractivity contribution < 1.29 is 27.5 Å². The highest BCUT2D eigenvalue weighted by atomic mass is 32.2. The van der Waals surface area contributed by atoms with E-state index in [-0.39, 0.29) is 48.3 Å². The summed E-state index contributed by atoms with van der Waals surface area (Å²) in [5.41, 5.74) is 0.208. The molecular formula is C20H28N2O6S. The standard InChI is InChI=1S/C20H28N2O6S/c1-15-12-22(13-16(2)28-15)29(25,26)18-8-6-17(7-9-18)20(24)27-14-19(23)21-10-4-3-5-11-21/h6-9,15-16H,3-5,10-14H2,1-2H3. The Hall–Kier alpha value is -1.97. The third kappa shape index (κ3) is 5.34. The molecule has 2 fully saturated rings. The van der Waals surface area contributed by atoms with Crippen LogP contribution < -0.4 is 0 Å². The molecule has 2 atom stereocenters. The second-order valence-electron chi connectivity index (χ2n) is 7.62. The topological polar surface area (TPSA) is 93.2 Å². The van der Waals surface area contributed by atoms with Gasteiger partial charge in [-0.05, 0) is 57.4 Å². The maximum Gasteiger partial charge on any atom is 0.338 e. The summed E-state index contributed by atoms with van der Waals surface area (Å²) in [6, 6.07) is 5.61. The molecule has 1 aromatic rings. The number of ether oxygens (including phenoxy) is 2. The Morgan fingerprint density at radius 1 is 1.03 bits per heavy atom. The number of morpholine rings is 1. The van der Waals surface area contributed by atoms with Gasteiger partial charge >= 0.3 is 5.97 Å².